The van der Waals surface area contributed by atoms with Gasteiger partial charge in [0.1, 0.15) is 23.9 Å². The molecule has 5 nitrogen and oxygen atoms in total. The lowest BCUT2D eigenvalue weighted by Crippen LogP contribution is -2.09. The molecule has 1 N–H and O–H groups in total. The maximum Gasteiger partial charge on any atom is 0.147 e. The Kier molecular flexibility index (Phi) is 4.88. The van der Waals surface area contributed by atoms with Gasteiger partial charge in [-0.3, -0.25) is 0 Å². The van der Waals surface area contributed by atoms with Gasteiger partial charge in [0, 0.05) is 17.5 Å². The zero-order valence-corrected chi connectivity index (χ0v) is 15.4. The van der Waals surface area contributed by atoms with Gasteiger partial charge in [-0.2, -0.15) is 0 Å². The van der Waals surface area contributed by atoms with Crippen LogP contribution in [0, 0.1) is 5.92 Å². The minimum atomic E-state index is -0.560. The van der Waals surface area contributed by atoms with E-state index in [1.165, 1.54) is 6.33 Å². The highest BCUT2D eigenvalue weighted by molar-refractivity contribution is 8.32. The summed E-state index contributed by atoms with van der Waals surface area (Å²) < 4.78 is 7.73. The molecule has 1 saturated carbocycles. The van der Waals surface area contributed by atoms with Crippen LogP contribution in [-0.4, -0.2) is 50.8 Å². The molecule has 2 aromatic rings. The normalized spacial score (nSPS) is 17.6. The van der Waals surface area contributed by atoms with Crippen molar-refractivity contribution in [3.05, 3.63) is 23.2 Å². The van der Waals surface area contributed by atoms with Gasteiger partial charge in [0.2, 0.25) is 0 Å². The van der Waals surface area contributed by atoms with Gasteiger partial charge in [0.05, 0.1) is 18.1 Å². The van der Waals surface area contributed by atoms with Crippen LogP contribution in [0.1, 0.15) is 24.5 Å². The van der Waals surface area contributed by atoms with Crippen molar-refractivity contribution in [1.82, 2.24) is 14.5 Å². The van der Waals surface area contributed by atoms with Crippen LogP contribution in [0.3, 0.4) is 0 Å². The summed E-state index contributed by atoms with van der Waals surface area (Å²) in [4.78, 5) is 8.40. The number of ether oxygens (including phenoxy) is 1. The molecule has 0 amide bonds. The van der Waals surface area contributed by atoms with Crippen molar-refractivity contribution in [3.8, 4) is 0 Å². The summed E-state index contributed by atoms with van der Waals surface area (Å²) in [5.74, 6) is 1.40. The van der Waals surface area contributed by atoms with Crippen LogP contribution < -0.4 is 0 Å². The Bertz CT molecular complexity index is 694. The van der Waals surface area contributed by atoms with Gasteiger partial charge in [-0.15, -0.1) is 0 Å². The van der Waals surface area contributed by atoms with Crippen LogP contribution in [0.25, 0.3) is 11.0 Å². The fraction of sp³-hybridized carbons (Fsp3) is 0.625. The quantitative estimate of drug-likeness (QED) is 0.610. The summed E-state index contributed by atoms with van der Waals surface area (Å²) in [5.41, 5.74) is 1.54. The molecule has 0 aliphatic heterocycles. The van der Waals surface area contributed by atoms with Crippen LogP contribution in [0.2, 0.25) is 5.15 Å². The molecular formula is C16H24ClN3O2S. The van der Waals surface area contributed by atoms with Gasteiger partial charge in [0.25, 0.3) is 0 Å². The number of aliphatic hydroxyl groups is 1. The van der Waals surface area contributed by atoms with Crippen LogP contribution in [0.15, 0.2) is 12.5 Å². The predicted molar refractivity (Wildman–Crippen MR) is 96.4 cm³/mol. The Labute approximate surface area is 143 Å². The lowest BCUT2D eigenvalue weighted by atomic mass is 10.1. The van der Waals surface area contributed by atoms with E-state index in [1.54, 1.807) is 0 Å². The highest BCUT2D eigenvalue weighted by atomic mass is 35.5. The second kappa shape index (κ2) is 6.59. The zero-order valence-electron chi connectivity index (χ0n) is 13.8. The second-order valence-corrected chi connectivity index (χ2v) is 12.0. The molecular weight excluding hydrogens is 334 g/mol. The van der Waals surface area contributed by atoms with E-state index in [2.05, 4.69) is 28.7 Å². The number of hydrogen-bond acceptors (Lipinski definition) is 4. The molecule has 3 rings (SSSR count). The first-order valence-corrected chi connectivity index (χ1v) is 11.2. The third kappa shape index (κ3) is 3.99. The molecule has 0 radical (unpaired) electrons. The van der Waals surface area contributed by atoms with E-state index in [0.717, 1.165) is 41.8 Å². The summed E-state index contributed by atoms with van der Waals surface area (Å²) >= 11 is 6.25. The van der Waals surface area contributed by atoms with E-state index in [4.69, 9.17) is 16.3 Å². The van der Waals surface area contributed by atoms with E-state index in [0.29, 0.717) is 17.8 Å². The van der Waals surface area contributed by atoms with Crippen molar-refractivity contribution >= 4 is 32.7 Å². The number of halogens is 1. The number of aliphatic hydroxyl groups excluding tert-OH is 1. The maximum atomic E-state index is 10.5. The molecule has 1 atom stereocenters. The maximum absolute atomic E-state index is 10.5. The standard InChI is InChI=1S/C16H24ClN3O2S/c1-23(2,3)7-6-22-10-20-8-12(14(21)11-4-5-11)13-15(17)18-9-19-16(13)20/h8-9,11,14,21H,4-7,10H2,1-3H3. The van der Waals surface area contributed by atoms with Crippen LogP contribution in [0.5, 0.6) is 0 Å². The summed E-state index contributed by atoms with van der Waals surface area (Å²) in [6.07, 6.45) is 11.8. The van der Waals surface area contributed by atoms with Gasteiger partial charge in [0.15, 0.2) is 0 Å². The zero-order chi connectivity index (χ0) is 16.6. The lowest BCUT2D eigenvalue weighted by Gasteiger charge is -2.24. The molecule has 0 spiro atoms. The van der Waals surface area contributed by atoms with Gasteiger partial charge in [-0.05, 0) is 37.5 Å². The fourth-order valence-corrected chi connectivity index (χ4v) is 3.43. The molecule has 1 unspecified atom stereocenters. The highest BCUT2D eigenvalue weighted by Gasteiger charge is 2.33. The Morgan fingerprint density at radius 2 is 2.13 bits per heavy atom. The molecule has 0 aromatic carbocycles. The summed E-state index contributed by atoms with van der Waals surface area (Å²) in [7, 11) is -0.560. The Hall–Kier alpha value is -0.820. The van der Waals surface area contributed by atoms with Crippen molar-refractivity contribution in [1.29, 1.82) is 0 Å². The minimum absolute atomic E-state index is 0.329. The third-order valence-corrected chi connectivity index (χ3v) is 5.77. The van der Waals surface area contributed by atoms with Gasteiger partial charge in [-0.25, -0.2) is 20.0 Å². The first-order valence-electron chi connectivity index (χ1n) is 7.78. The molecule has 1 fully saturated rings. The monoisotopic (exact) mass is 357 g/mol. The van der Waals surface area contributed by atoms with Crippen LogP contribution >= 0.6 is 21.6 Å². The molecule has 7 heteroatoms. The van der Waals surface area contributed by atoms with Gasteiger partial charge < -0.3 is 14.4 Å². The van der Waals surface area contributed by atoms with Crippen molar-refractivity contribution in [2.75, 3.05) is 31.1 Å². The minimum Gasteiger partial charge on any atom is -0.388 e. The van der Waals surface area contributed by atoms with E-state index < -0.39 is 16.1 Å². The smallest absolute Gasteiger partial charge is 0.147 e. The summed E-state index contributed by atoms with van der Waals surface area (Å²) in [6.45, 7) is 1.13. The third-order valence-electron chi connectivity index (χ3n) is 4.09. The van der Waals surface area contributed by atoms with Crippen molar-refractivity contribution in [3.63, 3.8) is 0 Å². The second-order valence-electron chi connectivity index (χ2n) is 7.03. The highest BCUT2D eigenvalue weighted by Crippen LogP contribution is 2.44. The molecule has 23 heavy (non-hydrogen) atoms. The Morgan fingerprint density at radius 1 is 1.39 bits per heavy atom. The molecule has 2 heterocycles. The first kappa shape index (κ1) is 17.0. The number of fused-ring (bicyclic) bond motifs is 1. The Balaban J connectivity index is 1.81. The van der Waals surface area contributed by atoms with E-state index >= 15 is 0 Å². The molecule has 2 aromatic heterocycles. The van der Waals surface area contributed by atoms with E-state index in [-0.39, 0.29) is 0 Å². The van der Waals surface area contributed by atoms with Crippen molar-refractivity contribution < 1.29 is 9.84 Å². The first-order chi connectivity index (χ1) is 10.9. The largest absolute Gasteiger partial charge is 0.388 e. The number of hydrogen-bond donors (Lipinski definition) is 1. The summed E-state index contributed by atoms with van der Waals surface area (Å²) in [6, 6.07) is 0. The van der Waals surface area contributed by atoms with Crippen LogP contribution in [-0.2, 0) is 11.5 Å². The lowest BCUT2D eigenvalue weighted by molar-refractivity contribution is 0.0916. The predicted octanol–water partition coefficient (Wildman–Crippen LogP) is 3.20. The number of aromatic nitrogens is 3. The Morgan fingerprint density at radius 3 is 2.78 bits per heavy atom. The average molecular weight is 358 g/mol. The van der Waals surface area contributed by atoms with Gasteiger partial charge >= 0.3 is 0 Å². The molecule has 1 aliphatic rings. The number of rotatable bonds is 7. The summed E-state index contributed by atoms with van der Waals surface area (Å²) in [5, 5.41) is 11.6. The number of nitrogens with zero attached hydrogens (tertiary/aromatic N) is 3. The van der Waals surface area contributed by atoms with E-state index in [9.17, 15) is 5.11 Å². The molecule has 0 bridgehead atoms. The molecule has 1 aliphatic carbocycles. The molecule has 0 saturated heterocycles. The topological polar surface area (TPSA) is 60.2 Å². The van der Waals surface area contributed by atoms with Crippen molar-refractivity contribution in [2.24, 2.45) is 5.92 Å². The van der Waals surface area contributed by atoms with Crippen molar-refractivity contribution in [2.45, 2.75) is 25.7 Å². The SMILES string of the molecule is CS(C)(C)CCOCn1cc(C(O)C2CC2)c2c(Cl)ncnc21. The van der Waals surface area contributed by atoms with Gasteiger partial charge in [-0.1, -0.05) is 11.6 Å². The van der Waals surface area contributed by atoms with Crippen LogP contribution in [0.4, 0.5) is 0 Å². The molecule has 128 valence electrons. The fourth-order valence-electron chi connectivity index (χ4n) is 2.58. The van der Waals surface area contributed by atoms with E-state index in [1.807, 2.05) is 10.8 Å². The average Bonchev–Trinajstić information content (AvgIpc) is 3.25.